The summed E-state index contributed by atoms with van der Waals surface area (Å²) in [4.78, 5) is 0. The number of benzene rings is 1. The monoisotopic (exact) mass is 314 g/mol. The van der Waals surface area contributed by atoms with Crippen LogP contribution in [0.5, 0.6) is 11.5 Å². The quantitative estimate of drug-likeness (QED) is 0.512. The summed E-state index contributed by atoms with van der Waals surface area (Å²) in [5.74, 6) is 1.67. The third-order valence-electron chi connectivity index (χ3n) is 4.87. The van der Waals surface area contributed by atoms with Gasteiger partial charge >= 0.3 is 0 Å². The van der Waals surface area contributed by atoms with Crippen LogP contribution in [0.25, 0.3) is 0 Å². The van der Waals surface area contributed by atoms with Crippen LogP contribution in [0.3, 0.4) is 0 Å². The molecule has 23 heavy (non-hydrogen) atoms. The highest BCUT2D eigenvalue weighted by atomic mass is 16.5. The number of rotatable bonds is 7. The van der Waals surface area contributed by atoms with Crippen molar-refractivity contribution in [1.82, 2.24) is 0 Å². The molecule has 2 nitrogen and oxygen atoms in total. The van der Waals surface area contributed by atoms with Crippen molar-refractivity contribution in [1.29, 1.82) is 0 Å². The van der Waals surface area contributed by atoms with Crippen molar-refractivity contribution in [3.63, 3.8) is 0 Å². The van der Waals surface area contributed by atoms with Gasteiger partial charge in [-0.1, -0.05) is 43.6 Å². The predicted octanol–water partition coefficient (Wildman–Crippen LogP) is 5.76. The maximum absolute atomic E-state index is 10.7. The van der Waals surface area contributed by atoms with Crippen LogP contribution in [0.15, 0.2) is 35.9 Å². The van der Waals surface area contributed by atoms with E-state index >= 15 is 0 Å². The van der Waals surface area contributed by atoms with Crippen molar-refractivity contribution in [2.24, 2.45) is 5.92 Å². The number of unbranched alkanes of at least 4 members (excludes halogenated alkanes) is 2. The molecule has 0 fully saturated rings. The first kappa shape index (κ1) is 17.7. The third-order valence-corrected chi connectivity index (χ3v) is 4.87. The van der Waals surface area contributed by atoms with E-state index in [2.05, 4.69) is 39.5 Å². The Morgan fingerprint density at radius 2 is 2.09 bits per heavy atom. The van der Waals surface area contributed by atoms with E-state index < -0.39 is 0 Å². The summed E-state index contributed by atoms with van der Waals surface area (Å²) in [7, 11) is 1.69. The van der Waals surface area contributed by atoms with Gasteiger partial charge in [0, 0.05) is 11.5 Å². The zero-order valence-corrected chi connectivity index (χ0v) is 15.0. The maximum Gasteiger partial charge on any atom is 0.126 e. The molecule has 126 valence electrons. The molecule has 1 aliphatic carbocycles. The molecule has 2 heteroatoms. The summed E-state index contributed by atoms with van der Waals surface area (Å²) in [6.07, 6.45) is 7.83. The molecule has 0 bridgehead atoms. The molecule has 1 N–H and O–H groups in total. The van der Waals surface area contributed by atoms with E-state index in [0.717, 1.165) is 41.7 Å². The fourth-order valence-corrected chi connectivity index (χ4v) is 3.62. The van der Waals surface area contributed by atoms with Crippen LogP contribution in [0.2, 0.25) is 0 Å². The third kappa shape index (κ3) is 3.99. The standard InChI is InChI=1S/C21H30O2/c1-6-7-8-9-16-12-19(22)21(20(13-16)23-5)18-11-15(4)10-17(18)14(2)3/h11-13,17-18,22H,2,6-10H2,1,3-5H3/t17-,18+/m0/s1. The Morgan fingerprint density at radius 3 is 2.70 bits per heavy atom. The molecule has 1 aromatic rings. The maximum atomic E-state index is 10.7. The van der Waals surface area contributed by atoms with Crippen LogP contribution in [-0.4, -0.2) is 12.2 Å². The molecule has 0 saturated carbocycles. The Balaban J connectivity index is 2.36. The van der Waals surface area contributed by atoms with Crippen LogP contribution in [0.4, 0.5) is 0 Å². The normalized spacial score (nSPS) is 20.4. The second-order valence-electron chi connectivity index (χ2n) is 6.88. The number of hydrogen-bond donors (Lipinski definition) is 1. The highest BCUT2D eigenvalue weighted by Gasteiger charge is 2.32. The molecule has 0 radical (unpaired) electrons. The Hall–Kier alpha value is -1.70. The number of hydrogen-bond acceptors (Lipinski definition) is 2. The lowest BCUT2D eigenvalue weighted by Crippen LogP contribution is -2.09. The minimum absolute atomic E-state index is 0.159. The zero-order chi connectivity index (χ0) is 17.0. The van der Waals surface area contributed by atoms with Gasteiger partial charge in [0.2, 0.25) is 0 Å². The molecule has 0 aliphatic heterocycles. The van der Waals surface area contributed by atoms with E-state index in [1.54, 1.807) is 7.11 Å². The molecule has 0 amide bonds. The number of methoxy groups -OCH3 is 1. The van der Waals surface area contributed by atoms with Crippen molar-refractivity contribution in [3.8, 4) is 11.5 Å². The van der Waals surface area contributed by atoms with Crippen molar-refractivity contribution in [3.05, 3.63) is 47.1 Å². The molecule has 0 heterocycles. The van der Waals surface area contributed by atoms with Gasteiger partial charge in [-0.2, -0.15) is 0 Å². The van der Waals surface area contributed by atoms with Gasteiger partial charge in [-0.3, -0.25) is 0 Å². The summed E-state index contributed by atoms with van der Waals surface area (Å²) >= 11 is 0. The van der Waals surface area contributed by atoms with Crippen molar-refractivity contribution in [2.45, 2.75) is 58.8 Å². The summed E-state index contributed by atoms with van der Waals surface area (Å²) in [5.41, 5.74) is 4.59. The van der Waals surface area contributed by atoms with Crippen LogP contribution < -0.4 is 4.74 Å². The van der Waals surface area contributed by atoms with E-state index in [1.165, 1.54) is 18.4 Å². The van der Waals surface area contributed by atoms with Gasteiger partial charge in [0.1, 0.15) is 11.5 Å². The number of aryl methyl sites for hydroxylation is 1. The minimum Gasteiger partial charge on any atom is -0.507 e. The Kier molecular flexibility index (Phi) is 5.92. The fourth-order valence-electron chi connectivity index (χ4n) is 3.62. The Morgan fingerprint density at radius 1 is 1.35 bits per heavy atom. The lowest BCUT2D eigenvalue weighted by molar-refractivity contribution is 0.390. The molecule has 0 saturated heterocycles. The molecule has 2 rings (SSSR count). The predicted molar refractivity (Wildman–Crippen MR) is 97.3 cm³/mol. The first-order chi connectivity index (χ1) is 11.0. The van der Waals surface area contributed by atoms with E-state index in [1.807, 2.05) is 6.07 Å². The summed E-state index contributed by atoms with van der Waals surface area (Å²) in [6, 6.07) is 4.02. The van der Waals surface area contributed by atoms with Crippen LogP contribution in [0, 0.1) is 5.92 Å². The van der Waals surface area contributed by atoms with E-state index in [9.17, 15) is 5.11 Å². The van der Waals surface area contributed by atoms with Gasteiger partial charge in [-0.05, 0) is 56.7 Å². The average molecular weight is 314 g/mol. The molecular weight excluding hydrogens is 284 g/mol. The van der Waals surface area contributed by atoms with Gasteiger partial charge < -0.3 is 9.84 Å². The first-order valence-electron chi connectivity index (χ1n) is 8.70. The van der Waals surface area contributed by atoms with Gasteiger partial charge in [0.05, 0.1) is 7.11 Å². The number of phenolic OH excluding ortho intramolecular Hbond substituents is 1. The molecule has 1 aromatic carbocycles. The highest BCUT2D eigenvalue weighted by Crippen LogP contribution is 2.48. The lowest BCUT2D eigenvalue weighted by atomic mass is 9.83. The van der Waals surface area contributed by atoms with Crippen molar-refractivity contribution >= 4 is 0 Å². The SMILES string of the molecule is C=C(C)[C@@H]1CC(C)=C[C@H]1c1c(O)cc(CCCCC)cc1OC. The van der Waals surface area contributed by atoms with Crippen LogP contribution in [-0.2, 0) is 6.42 Å². The smallest absolute Gasteiger partial charge is 0.126 e. The van der Waals surface area contributed by atoms with Gasteiger partial charge in [0.25, 0.3) is 0 Å². The average Bonchev–Trinajstić information content (AvgIpc) is 2.88. The van der Waals surface area contributed by atoms with E-state index in [0.29, 0.717) is 11.7 Å². The van der Waals surface area contributed by atoms with Crippen molar-refractivity contribution < 1.29 is 9.84 Å². The van der Waals surface area contributed by atoms with Crippen molar-refractivity contribution in [2.75, 3.05) is 7.11 Å². The largest absolute Gasteiger partial charge is 0.507 e. The molecule has 0 aromatic heterocycles. The second kappa shape index (κ2) is 7.72. The van der Waals surface area contributed by atoms with E-state index in [-0.39, 0.29) is 5.92 Å². The van der Waals surface area contributed by atoms with E-state index in [4.69, 9.17) is 4.74 Å². The summed E-state index contributed by atoms with van der Waals surface area (Å²) in [5, 5.41) is 10.7. The summed E-state index contributed by atoms with van der Waals surface area (Å²) in [6.45, 7) is 10.6. The van der Waals surface area contributed by atoms with Gasteiger partial charge in [0.15, 0.2) is 0 Å². The second-order valence-corrected chi connectivity index (χ2v) is 6.88. The molecule has 0 unspecified atom stereocenters. The minimum atomic E-state index is 0.159. The molecule has 2 atom stereocenters. The zero-order valence-electron chi connectivity index (χ0n) is 15.0. The Labute approximate surface area is 140 Å². The molecule has 0 spiro atoms. The van der Waals surface area contributed by atoms with Crippen LogP contribution in [0.1, 0.15) is 63.5 Å². The van der Waals surface area contributed by atoms with Gasteiger partial charge in [-0.25, -0.2) is 0 Å². The topological polar surface area (TPSA) is 29.5 Å². The summed E-state index contributed by atoms with van der Waals surface area (Å²) < 4.78 is 5.63. The molecular formula is C21H30O2. The lowest BCUT2D eigenvalue weighted by Gasteiger charge is -2.23. The van der Waals surface area contributed by atoms with Gasteiger partial charge in [-0.15, -0.1) is 0 Å². The first-order valence-corrected chi connectivity index (χ1v) is 8.70. The molecule has 1 aliphatic rings. The Bertz CT molecular complexity index is 598. The number of ether oxygens (including phenoxy) is 1. The number of aromatic hydroxyl groups is 1. The number of allylic oxidation sites excluding steroid dienone is 3. The van der Waals surface area contributed by atoms with Crippen LogP contribution >= 0.6 is 0 Å². The fraction of sp³-hybridized carbons (Fsp3) is 0.524. The highest BCUT2D eigenvalue weighted by molar-refractivity contribution is 5.53. The number of phenols is 1.